The highest BCUT2D eigenvalue weighted by Gasteiger charge is 2.09. The lowest BCUT2D eigenvalue weighted by Gasteiger charge is -2.08. The van der Waals surface area contributed by atoms with Gasteiger partial charge in [-0.15, -0.1) is 17.0 Å². The van der Waals surface area contributed by atoms with Crippen LogP contribution in [0.2, 0.25) is 0 Å². The van der Waals surface area contributed by atoms with E-state index in [0.29, 0.717) is 13.0 Å². The van der Waals surface area contributed by atoms with Crippen LogP contribution in [-0.4, -0.2) is 23.7 Å². The Bertz CT molecular complexity index is 587. The van der Waals surface area contributed by atoms with Crippen molar-refractivity contribution in [2.45, 2.75) is 25.3 Å². The minimum absolute atomic E-state index is 0. The maximum Gasteiger partial charge on any atom is 0.320 e. The number of carboxylic acids is 1. The molecule has 1 unspecified atom stereocenters. The third kappa shape index (κ3) is 6.42. The lowest BCUT2D eigenvalue weighted by molar-refractivity contribution is -0.138. The van der Waals surface area contributed by atoms with Crippen molar-refractivity contribution in [3.05, 3.63) is 54.6 Å². The first-order valence-corrected chi connectivity index (χ1v) is 7.43. The lowest BCUT2D eigenvalue weighted by atomic mass is 10.1. The first-order chi connectivity index (χ1) is 10.7. The smallest absolute Gasteiger partial charge is 0.320 e. The Morgan fingerprint density at radius 1 is 1.00 bits per heavy atom. The van der Waals surface area contributed by atoms with E-state index >= 15 is 0 Å². The SMILES string of the molecule is Br.NC(CCCCOc1ccc(-c2ccccc2)cc1)C(=O)O. The van der Waals surface area contributed by atoms with Gasteiger partial charge in [-0.05, 0) is 42.5 Å². The molecule has 0 radical (unpaired) electrons. The molecule has 0 aliphatic carbocycles. The topological polar surface area (TPSA) is 72.5 Å². The van der Waals surface area contributed by atoms with Crippen molar-refractivity contribution in [3.63, 3.8) is 0 Å². The van der Waals surface area contributed by atoms with Crippen LogP contribution in [-0.2, 0) is 4.79 Å². The maximum atomic E-state index is 10.6. The molecule has 23 heavy (non-hydrogen) atoms. The molecule has 0 heterocycles. The molecule has 2 rings (SSSR count). The van der Waals surface area contributed by atoms with E-state index in [1.807, 2.05) is 42.5 Å². The molecule has 3 N–H and O–H groups in total. The fourth-order valence-electron chi connectivity index (χ4n) is 2.15. The summed E-state index contributed by atoms with van der Waals surface area (Å²) < 4.78 is 5.65. The standard InChI is InChI=1S/C18H21NO3.BrH/c19-17(18(20)21)8-4-5-13-22-16-11-9-15(10-12-16)14-6-2-1-3-7-14;/h1-3,6-7,9-12,17H,4-5,8,13,19H2,(H,20,21);1H. The van der Waals surface area contributed by atoms with Crippen molar-refractivity contribution in [2.24, 2.45) is 5.73 Å². The third-order valence-corrected chi connectivity index (χ3v) is 3.46. The summed E-state index contributed by atoms with van der Waals surface area (Å²) in [5.41, 5.74) is 7.77. The number of halogens is 1. The monoisotopic (exact) mass is 379 g/mol. The van der Waals surface area contributed by atoms with Gasteiger partial charge in [-0.2, -0.15) is 0 Å². The van der Waals surface area contributed by atoms with Crippen LogP contribution < -0.4 is 10.5 Å². The minimum Gasteiger partial charge on any atom is -0.494 e. The van der Waals surface area contributed by atoms with Gasteiger partial charge in [0.05, 0.1) is 6.61 Å². The molecule has 2 aromatic rings. The summed E-state index contributed by atoms with van der Waals surface area (Å²) in [6, 6.07) is 17.4. The fraction of sp³-hybridized carbons (Fsp3) is 0.278. The zero-order valence-corrected chi connectivity index (χ0v) is 14.6. The highest BCUT2D eigenvalue weighted by molar-refractivity contribution is 8.93. The van der Waals surface area contributed by atoms with Gasteiger partial charge in [-0.25, -0.2) is 0 Å². The molecule has 0 fully saturated rings. The van der Waals surface area contributed by atoms with Gasteiger partial charge >= 0.3 is 5.97 Å². The van der Waals surface area contributed by atoms with Crippen molar-refractivity contribution in [2.75, 3.05) is 6.61 Å². The molecule has 4 nitrogen and oxygen atoms in total. The highest BCUT2D eigenvalue weighted by Crippen LogP contribution is 2.22. The number of carbonyl (C=O) groups is 1. The molecule has 5 heteroatoms. The van der Waals surface area contributed by atoms with Crippen molar-refractivity contribution in [1.82, 2.24) is 0 Å². The second-order valence-electron chi connectivity index (χ2n) is 5.18. The zero-order valence-electron chi connectivity index (χ0n) is 12.9. The van der Waals surface area contributed by atoms with Gasteiger partial charge in [0.15, 0.2) is 0 Å². The van der Waals surface area contributed by atoms with Crippen molar-refractivity contribution < 1.29 is 14.6 Å². The molecule has 2 aromatic carbocycles. The van der Waals surface area contributed by atoms with Crippen LogP contribution in [0.25, 0.3) is 11.1 Å². The lowest BCUT2D eigenvalue weighted by Crippen LogP contribution is -2.29. The molecule has 0 aromatic heterocycles. The Balaban J connectivity index is 0.00000264. The second kappa shape index (κ2) is 10.0. The largest absolute Gasteiger partial charge is 0.494 e. The quantitative estimate of drug-likeness (QED) is 0.682. The average Bonchev–Trinajstić information content (AvgIpc) is 2.55. The van der Waals surface area contributed by atoms with E-state index in [0.717, 1.165) is 24.2 Å². The van der Waals surface area contributed by atoms with Crippen molar-refractivity contribution in [1.29, 1.82) is 0 Å². The number of ether oxygens (including phenoxy) is 1. The molecule has 124 valence electrons. The normalized spacial score (nSPS) is 11.3. The Morgan fingerprint density at radius 3 is 2.22 bits per heavy atom. The van der Waals surface area contributed by atoms with Crippen LogP contribution in [0.5, 0.6) is 5.75 Å². The molecule has 0 bridgehead atoms. The van der Waals surface area contributed by atoms with E-state index in [-0.39, 0.29) is 17.0 Å². The number of unbranched alkanes of at least 4 members (excludes halogenated alkanes) is 1. The fourth-order valence-corrected chi connectivity index (χ4v) is 2.15. The Labute approximate surface area is 147 Å². The highest BCUT2D eigenvalue weighted by atomic mass is 79.9. The molecule has 0 aliphatic rings. The zero-order chi connectivity index (χ0) is 15.8. The summed E-state index contributed by atoms with van der Waals surface area (Å²) in [5, 5.41) is 8.68. The number of benzene rings is 2. The number of hydrogen-bond donors (Lipinski definition) is 2. The number of aliphatic carboxylic acids is 1. The van der Waals surface area contributed by atoms with Crippen LogP contribution in [0.1, 0.15) is 19.3 Å². The van der Waals surface area contributed by atoms with E-state index in [1.54, 1.807) is 0 Å². The van der Waals surface area contributed by atoms with Gasteiger partial charge in [0.1, 0.15) is 11.8 Å². The molecular weight excluding hydrogens is 358 g/mol. The summed E-state index contributed by atoms with van der Waals surface area (Å²) >= 11 is 0. The molecule has 1 atom stereocenters. The first-order valence-electron chi connectivity index (χ1n) is 7.43. The van der Waals surface area contributed by atoms with Gasteiger partial charge in [-0.3, -0.25) is 4.79 Å². The van der Waals surface area contributed by atoms with Gasteiger partial charge in [0.2, 0.25) is 0 Å². The predicted octanol–water partition coefficient (Wildman–Crippen LogP) is 3.89. The minimum atomic E-state index is -0.947. The third-order valence-electron chi connectivity index (χ3n) is 3.46. The summed E-state index contributed by atoms with van der Waals surface area (Å²) in [5.74, 6) is -0.125. The van der Waals surface area contributed by atoms with E-state index in [2.05, 4.69) is 12.1 Å². The van der Waals surface area contributed by atoms with Crippen LogP contribution in [0.15, 0.2) is 54.6 Å². The molecule has 0 saturated carbocycles. The van der Waals surface area contributed by atoms with E-state index in [9.17, 15) is 4.79 Å². The molecule has 0 saturated heterocycles. The predicted molar refractivity (Wildman–Crippen MR) is 97.2 cm³/mol. The van der Waals surface area contributed by atoms with E-state index in [1.165, 1.54) is 5.56 Å². The van der Waals surface area contributed by atoms with Gasteiger partial charge in [0.25, 0.3) is 0 Å². The van der Waals surface area contributed by atoms with Crippen LogP contribution in [0.3, 0.4) is 0 Å². The second-order valence-corrected chi connectivity index (χ2v) is 5.18. The van der Waals surface area contributed by atoms with Crippen LogP contribution >= 0.6 is 17.0 Å². The molecule has 0 amide bonds. The number of nitrogens with two attached hydrogens (primary N) is 1. The summed E-state index contributed by atoms with van der Waals surface area (Å²) in [6.07, 6.45) is 2.02. The Kier molecular flexibility index (Phi) is 8.37. The average molecular weight is 380 g/mol. The van der Waals surface area contributed by atoms with Crippen molar-refractivity contribution >= 4 is 23.0 Å². The first kappa shape index (κ1) is 19.2. The summed E-state index contributed by atoms with van der Waals surface area (Å²) in [6.45, 7) is 0.566. The van der Waals surface area contributed by atoms with Crippen molar-refractivity contribution in [3.8, 4) is 16.9 Å². The maximum absolute atomic E-state index is 10.6. The van der Waals surface area contributed by atoms with Crippen LogP contribution in [0.4, 0.5) is 0 Å². The van der Waals surface area contributed by atoms with Gasteiger partial charge in [-0.1, -0.05) is 42.5 Å². The van der Waals surface area contributed by atoms with Crippen LogP contribution in [0, 0.1) is 0 Å². The molecule has 0 aliphatic heterocycles. The summed E-state index contributed by atoms with van der Waals surface area (Å²) in [7, 11) is 0. The van der Waals surface area contributed by atoms with E-state index < -0.39 is 12.0 Å². The number of hydrogen-bond acceptors (Lipinski definition) is 3. The van der Waals surface area contributed by atoms with Gasteiger partial charge < -0.3 is 15.6 Å². The molecule has 0 spiro atoms. The number of rotatable bonds is 8. The number of carboxylic acid groups (broad SMARTS) is 1. The Hall–Kier alpha value is -1.85. The molecular formula is C18H22BrNO3. The van der Waals surface area contributed by atoms with E-state index in [4.69, 9.17) is 15.6 Å². The van der Waals surface area contributed by atoms with Gasteiger partial charge in [0, 0.05) is 0 Å². The Morgan fingerprint density at radius 2 is 1.61 bits per heavy atom. The summed E-state index contributed by atoms with van der Waals surface area (Å²) in [4.78, 5) is 10.6.